The fraction of sp³-hybridized carbons (Fsp3) is 0.440. The molecule has 176 valence electrons. The first kappa shape index (κ1) is 23.3. The van der Waals surface area contributed by atoms with Crippen LogP contribution in [0.2, 0.25) is 0 Å². The summed E-state index contributed by atoms with van der Waals surface area (Å²) in [6.07, 6.45) is 6.43. The summed E-state index contributed by atoms with van der Waals surface area (Å²) < 4.78 is 6.33. The lowest BCUT2D eigenvalue weighted by Gasteiger charge is -2.26. The van der Waals surface area contributed by atoms with E-state index in [1.54, 1.807) is 11.0 Å². The molecule has 0 spiro atoms. The molecule has 3 N–H and O–H groups in total. The van der Waals surface area contributed by atoms with Gasteiger partial charge in [-0.25, -0.2) is 4.79 Å². The maximum atomic E-state index is 12.9. The van der Waals surface area contributed by atoms with Crippen LogP contribution in [0.15, 0.2) is 47.3 Å². The van der Waals surface area contributed by atoms with Crippen LogP contribution in [0.1, 0.15) is 43.2 Å². The zero-order valence-corrected chi connectivity index (χ0v) is 19.5. The van der Waals surface area contributed by atoms with E-state index in [-0.39, 0.29) is 23.3 Å². The first-order valence-corrected chi connectivity index (χ1v) is 12.4. The number of aromatic amines is 1. The van der Waals surface area contributed by atoms with Crippen LogP contribution in [0.4, 0.5) is 4.79 Å². The van der Waals surface area contributed by atoms with E-state index in [1.165, 1.54) is 32.1 Å². The van der Waals surface area contributed by atoms with Crippen LogP contribution < -0.4 is 10.2 Å². The van der Waals surface area contributed by atoms with Gasteiger partial charge in [-0.15, -0.1) is 0 Å². The summed E-state index contributed by atoms with van der Waals surface area (Å²) in [5, 5.41) is 13.6. The SMILES string of the molecule is O=C(OCc1ccccc1)N(CCNC1CCCCC1)CCc1ccc(O)c2[nH]c(=O)sc12. The minimum Gasteiger partial charge on any atom is -0.506 e. The minimum atomic E-state index is -0.346. The van der Waals surface area contributed by atoms with Gasteiger partial charge in [0.05, 0.1) is 4.70 Å². The summed E-state index contributed by atoms with van der Waals surface area (Å²) >= 11 is 1.08. The van der Waals surface area contributed by atoms with Gasteiger partial charge >= 0.3 is 11.0 Å². The molecule has 1 saturated carbocycles. The summed E-state index contributed by atoms with van der Waals surface area (Å²) in [4.78, 5) is 28.9. The molecule has 0 bridgehead atoms. The fourth-order valence-electron chi connectivity index (χ4n) is 4.34. The molecule has 1 aliphatic rings. The maximum absolute atomic E-state index is 12.9. The summed E-state index contributed by atoms with van der Waals surface area (Å²) in [5.74, 6) is 0.0582. The predicted molar refractivity (Wildman–Crippen MR) is 131 cm³/mol. The van der Waals surface area contributed by atoms with Crippen molar-refractivity contribution < 1.29 is 14.6 Å². The quantitative estimate of drug-likeness (QED) is 0.432. The Kier molecular flexibility index (Phi) is 8.01. The number of hydrogen-bond donors (Lipinski definition) is 3. The Morgan fingerprint density at radius 3 is 2.70 bits per heavy atom. The molecule has 1 aliphatic carbocycles. The first-order chi connectivity index (χ1) is 16.1. The van der Waals surface area contributed by atoms with Crippen LogP contribution in [-0.2, 0) is 17.8 Å². The van der Waals surface area contributed by atoms with E-state index in [1.807, 2.05) is 36.4 Å². The van der Waals surface area contributed by atoms with E-state index in [0.29, 0.717) is 37.6 Å². The highest BCUT2D eigenvalue weighted by Gasteiger charge is 2.18. The number of benzene rings is 2. The van der Waals surface area contributed by atoms with E-state index in [2.05, 4.69) is 10.3 Å². The van der Waals surface area contributed by atoms with Crippen molar-refractivity contribution in [2.75, 3.05) is 19.6 Å². The number of carbonyl (C=O) groups excluding carboxylic acids is 1. The second-order valence-electron chi connectivity index (χ2n) is 8.53. The van der Waals surface area contributed by atoms with Gasteiger partial charge in [0.2, 0.25) is 0 Å². The van der Waals surface area contributed by atoms with Gasteiger partial charge < -0.3 is 25.0 Å². The number of phenolic OH excluding ortho intramolecular Hbond substituents is 1. The molecule has 3 aromatic rings. The first-order valence-electron chi connectivity index (χ1n) is 11.6. The third-order valence-electron chi connectivity index (χ3n) is 6.17. The minimum absolute atomic E-state index is 0.0582. The van der Waals surface area contributed by atoms with Crippen molar-refractivity contribution in [3.05, 3.63) is 63.3 Å². The summed E-state index contributed by atoms with van der Waals surface area (Å²) in [7, 11) is 0. The van der Waals surface area contributed by atoms with Crippen LogP contribution in [0.5, 0.6) is 5.75 Å². The van der Waals surface area contributed by atoms with Gasteiger partial charge in [0.1, 0.15) is 17.9 Å². The molecule has 0 saturated heterocycles. The Morgan fingerprint density at radius 1 is 1.12 bits per heavy atom. The van der Waals surface area contributed by atoms with Gasteiger partial charge in [0.25, 0.3) is 0 Å². The Morgan fingerprint density at radius 2 is 1.91 bits per heavy atom. The summed E-state index contributed by atoms with van der Waals surface area (Å²) in [5.41, 5.74) is 2.33. The number of ether oxygens (including phenoxy) is 1. The second-order valence-corrected chi connectivity index (χ2v) is 9.51. The number of H-pyrrole nitrogens is 1. The molecule has 0 atom stereocenters. The molecule has 7 nitrogen and oxygen atoms in total. The van der Waals surface area contributed by atoms with Crippen LogP contribution in [0.3, 0.4) is 0 Å². The number of phenols is 1. The largest absolute Gasteiger partial charge is 0.506 e. The molecule has 1 fully saturated rings. The predicted octanol–water partition coefficient (Wildman–Crippen LogP) is 4.40. The molecule has 0 unspecified atom stereocenters. The lowest BCUT2D eigenvalue weighted by molar-refractivity contribution is 0.0963. The van der Waals surface area contributed by atoms with Crippen LogP contribution in [0, 0.1) is 0 Å². The van der Waals surface area contributed by atoms with Crippen LogP contribution >= 0.6 is 11.3 Å². The Hall–Kier alpha value is -2.84. The van der Waals surface area contributed by atoms with Crippen molar-refractivity contribution in [3.8, 4) is 5.75 Å². The molecule has 4 rings (SSSR count). The zero-order chi connectivity index (χ0) is 23.0. The topological polar surface area (TPSA) is 94.7 Å². The van der Waals surface area contributed by atoms with Crippen LogP contribution in [0.25, 0.3) is 10.2 Å². The number of fused-ring (bicyclic) bond motifs is 1. The second kappa shape index (κ2) is 11.3. The molecule has 1 heterocycles. The molecule has 0 aliphatic heterocycles. The number of rotatable bonds is 9. The van der Waals surface area contributed by atoms with Crippen molar-refractivity contribution in [1.82, 2.24) is 15.2 Å². The lowest BCUT2D eigenvalue weighted by atomic mass is 9.95. The van der Waals surface area contributed by atoms with Crippen molar-refractivity contribution in [2.24, 2.45) is 0 Å². The summed E-state index contributed by atoms with van der Waals surface area (Å²) in [6, 6.07) is 13.6. The lowest BCUT2D eigenvalue weighted by Crippen LogP contribution is -2.41. The Bertz CT molecular complexity index is 1110. The molecule has 0 radical (unpaired) electrons. The van der Waals surface area contributed by atoms with Gasteiger partial charge in [-0.05, 0) is 36.5 Å². The molecule has 33 heavy (non-hydrogen) atoms. The number of nitrogens with one attached hydrogen (secondary N) is 2. The van der Waals surface area contributed by atoms with Crippen molar-refractivity contribution in [1.29, 1.82) is 0 Å². The molecular weight excluding hydrogens is 438 g/mol. The highest BCUT2D eigenvalue weighted by molar-refractivity contribution is 7.16. The third kappa shape index (κ3) is 6.36. The maximum Gasteiger partial charge on any atom is 0.410 e. The number of aromatic nitrogens is 1. The average molecular weight is 470 g/mol. The average Bonchev–Trinajstić information content (AvgIpc) is 3.24. The zero-order valence-electron chi connectivity index (χ0n) is 18.7. The molecule has 1 aromatic heterocycles. The van der Waals surface area contributed by atoms with Crippen molar-refractivity contribution in [2.45, 2.75) is 51.2 Å². The number of amides is 1. The van der Waals surface area contributed by atoms with Crippen LogP contribution in [-0.4, -0.2) is 46.8 Å². The van der Waals surface area contributed by atoms with Gasteiger partial charge in [-0.3, -0.25) is 4.79 Å². The van der Waals surface area contributed by atoms with Gasteiger partial charge in [-0.1, -0.05) is 67.0 Å². The molecule has 1 amide bonds. The van der Waals surface area contributed by atoms with Crippen molar-refractivity contribution >= 4 is 27.6 Å². The highest BCUT2D eigenvalue weighted by atomic mass is 32.1. The third-order valence-corrected chi connectivity index (χ3v) is 7.13. The number of carbonyl (C=O) groups is 1. The van der Waals surface area contributed by atoms with E-state index < -0.39 is 0 Å². The number of nitrogens with zero attached hydrogens (tertiary/aromatic N) is 1. The van der Waals surface area contributed by atoms with E-state index in [9.17, 15) is 14.7 Å². The van der Waals surface area contributed by atoms with E-state index in [0.717, 1.165) is 27.2 Å². The van der Waals surface area contributed by atoms with Gasteiger partial charge in [-0.2, -0.15) is 0 Å². The standard InChI is InChI=1S/C25H31N3O4S/c29-21-12-11-19(23-22(21)27-24(30)33-23)13-15-28(16-14-26-20-9-5-2-6-10-20)25(31)32-17-18-7-3-1-4-8-18/h1,3-4,7-8,11-12,20,26,29H,2,5-6,9-10,13-17H2,(H,27,30). The molecule has 2 aromatic carbocycles. The number of thiazole rings is 1. The smallest absolute Gasteiger partial charge is 0.410 e. The van der Waals surface area contributed by atoms with Gasteiger partial charge in [0, 0.05) is 25.7 Å². The monoisotopic (exact) mass is 469 g/mol. The van der Waals surface area contributed by atoms with Crippen molar-refractivity contribution in [3.63, 3.8) is 0 Å². The fourth-order valence-corrected chi connectivity index (χ4v) is 5.24. The highest BCUT2D eigenvalue weighted by Crippen LogP contribution is 2.28. The normalized spacial score (nSPS) is 14.4. The van der Waals surface area contributed by atoms with E-state index >= 15 is 0 Å². The Labute approximate surface area is 197 Å². The molecule has 8 heteroatoms. The van der Waals surface area contributed by atoms with Gasteiger partial charge in [0.15, 0.2) is 0 Å². The molecular formula is C25H31N3O4S. The number of aromatic hydroxyl groups is 1. The number of hydrogen-bond acceptors (Lipinski definition) is 6. The van der Waals surface area contributed by atoms with E-state index in [4.69, 9.17) is 4.74 Å². The Balaban J connectivity index is 1.40. The summed E-state index contributed by atoms with van der Waals surface area (Å²) in [6.45, 7) is 1.96.